The Morgan fingerprint density at radius 1 is 1.09 bits per heavy atom. The molecule has 176 valence electrons. The number of aromatic amines is 1. The van der Waals surface area contributed by atoms with Gasteiger partial charge < -0.3 is 14.6 Å². The summed E-state index contributed by atoms with van der Waals surface area (Å²) in [5.41, 5.74) is 4.26. The van der Waals surface area contributed by atoms with Crippen LogP contribution in [-0.2, 0) is 4.74 Å². The summed E-state index contributed by atoms with van der Waals surface area (Å²) in [6.07, 6.45) is 0. The standard InChI is InChI=1S/C27H23N3O5/c1-3-35-27(33)17-7-11-19(12-8-17)30-25(18-5-4-6-20(31)15-18)22-23(28-29-24(22)26(30)32)16-9-13-21(34-2)14-10-16/h4-15,25,31H,3H2,1-2H3,(H,28,29)/t25-/m0/s1. The average Bonchev–Trinajstić information content (AvgIpc) is 3.43. The van der Waals surface area contributed by atoms with Crippen molar-refractivity contribution in [1.82, 2.24) is 10.2 Å². The maximum atomic E-state index is 13.6. The first-order valence-electron chi connectivity index (χ1n) is 11.1. The van der Waals surface area contributed by atoms with E-state index in [0.717, 1.165) is 11.1 Å². The molecular formula is C27H23N3O5. The number of aromatic hydroxyl groups is 1. The van der Waals surface area contributed by atoms with Crippen LogP contribution in [0.1, 0.15) is 44.9 Å². The van der Waals surface area contributed by atoms with E-state index < -0.39 is 12.0 Å². The number of carbonyl (C=O) groups excluding carboxylic acids is 2. The van der Waals surface area contributed by atoms with Crippen LogP contribution < -0.4 is 9.64 Å². The summed E-state index contributed by atoms with van der Waals surface area (Å²) >= 11 is 0. The number of nitrogens with zero attached hydrogens (tertiary/aromatic N) is 2. The third-order valence-electron chi connectivity index (χ3n) is 5.97. The zero-order chi connectivity index (χ0) is 24.5. The fourth-order valence-electron chi connectivity index (χ4n) is 4.37. The molecule has 0 unspecified atom stereocenters. The molecule has 0 saturated heterocycles. The lowest BCUT2D eigenvalue weighted by Crippen LogP contribution is -2.29. The normalized spacial score (nSPS) is 14.6. The van der Waals surface area contributed by atoms with Crippen LogP contribution in [0, 0.1) is 0 Å². The number of methoxy groups -OCH3 is 1. The minimum absolute atomic E-state index is 0.0931. The lowest BCUT2D eigenvalue weighted by atomic mass is 9.95. The number of rotatable bonds is 6. The molecule has 1 aromatic heterocycles. The van der Waals surface area contributed by atoms with Gasteiger partial charge in [0.25, 0.3) is 5.91 Å². The Morgan fingerprint density at radius 3 is 2.49 bits per heavy atom. The second-order valence-corrected chi connectivity index (χ2v) is 8.03. The molecule has 0 aliphatic carbocycles. The molecule has 3 aromatic carbocycles. The summed E-state index contributed by atoms with van der Waals surface area (Å²) in [7, 11) is 1.60. The number of hydrogen-bond donors (Lipinski definition) is 2. The largest absolute Gasteiger partial charge is 0.508 e. The number of nitrogens with one attached hydrogen (secondary N) is 1. The van der Waals surface area contributed by atoms with Crippen LogP contribution in [0.2, 0.25) is 0 Å². The van der Waals surface area contributed by atoms with Crippen molar-refractivity contribution in [2.75, 3.05) is 18.6 Å². The number of benzene rings is 3. The molecule has 2 N–H and O–H groups in total. The number of phenols is 1. The highest BCUT2D eigenvalue weighted by atomic mass is 16.5. The first-order valence-corrected chi connectivity index (χ1v) is 11.1. The van der Waals surface area contributed by atoms with Gasteiger partial charge in [0.2, 0.25) is 0 Å². The quantitative estimate of drug-likeness (QED) is 0.396. The number of amides is 1. The van der Waals surface area contributed by atoms with E-state index in [4.69, 9.17) is 9.47 Å². The van der Waals surface area contributed by atoms with Crippen LogP contribution in [-0.4, -0.2) is 40.9 Å². The number of aromatic nitrogens is 2. The van der Waals surface area contributed by atoms with Gasteiger partial charge in [-0.15, -0.1) is 0 Å². The number of phenolic OH excluding ortho intramolecular Hbond substituents is 1. The smallest absolute Gasteiger partial charge is 0.338 e. The van der Waals surface area contributed by atoms with Crippen molar-refractivity contribution in [3.05, 3.63) is 95.2 Å². The van der Waals surface area contributed by atoms with Gasteiger partial charge in [-0.3, -0.25) is 14.8 Å². The van der Waals surface area contributed by atoms with Crippen molar-refractivity contribution in [2.45, 2.75) is 13.0 Å². The Bertz CT molecular complexity index is 1390. The van der Waals surface area contributed by atoms with Gasteiger partial charge in [-0.1, -0.05) is 12.1 Å². The molecule has 1 aliphatic heterocycles. The fraction of sp³-hybridized carbons (Fsp3) is 0.148. The third kappa shape index (κ3) is 3.89. The molecule has 35 heavy (non-hydrogen) atoms. The molecule has 2 heterocycles. The van der Waals surface area contributed by atoms with Crippen molar-refractivity contribution in [3.8, 4) is 22.8 Å². The summed E-state index contributed by atoms with van der Waals surface area (Å²) in [6, 6.07) is 20.4. The van der Waals surface area contributed by atoms with Crippen LogP contribution in [0.4, 0.5) is 5.69 Å². The van der Waals surface area contributed by atoms with Crippen LogP contribution in [0.15, 0.2) is 72.8 Å². The van der Waals surface area contributed by atoms with E-state index in [2.05, 4.69) is 10.2 Å². The second-order valence-electron chi connectivity index (χ2n) is 8.03. The Kier molecular flexibility index (Phi) is 5.70. The molecule has 0 fully saturated rings. The molecule has 0 bridgehead atoms. The SMILES string of the molecule is CCOC(=O)c1ccc(N2C(=O)c3[nH]nc(-c4ccc(OC)cc4)c3[C@@H]2c2cccc(O)c2)cc1. The predicted octanol–water partition coefficient (Wildman–Crippen LogP) is 4.72. The van der Waals surface area contributed by atoms with E-state index in [0.29, 0.717) is 34.0 Å². The van der Waals surface area contributed by atoms with Crippen LogP contribution in [0.5, 0.6) is 11.5 Å². The molecule has 1 aliphatic rings. The molecular weight excluding hydrogens is 446 g/mol. The van der Waals surface area contributed by atoms with Gasteiger partial charge in [-0.2, -0.15) is 5.10 Å². The number of fused-ring (bicyclic) bond motifs is 1. The summed E-state index contributed by atoms with van der Waals surface area (Å²) in [5.74, 6) is 0.123. The minimum Gasteiger partial charge on any atom is -0.508 e. The minimum atomic E-state index is -0.547. The monoisotopic (exact) mass is 469 g/mol. The number of H-pyrrole nitrogens is 1. The van der Waals surface area contributed by atoms with E-state index in [1.165, 1.54) is 0 Å². The highest BCUT2D eigenvalue weighted by molar-refractivity contribution is 6.12. The number of hydrogen-bond acceptors (Lipinski definition) is 6. The molecule has 0 radical (unpaired) electrons. The zero-order valence-corrected chi connectivity index (χ0v) is 19.2. The van der Waals surface area contributed by atoms with Crippen molar-refractivity contribution in [3.63, 3.8) is 0 Å². The zero-order valence-electron chi connectivity index (χ0n) is 19.2. The molecule has 8 nitrogen and oxygen atoms in total. The first kappa shape index (κ1) is 22.2. The summed E-state index contributed by atoms with van der Waals surface area (Å²) in [6.45, 7) is 2.03. The van der Waals surface area contributed by atoms with Crippen molar-refractivity contribution in [1.29, 1.82) is 0 Å². The summed E-state index contributed by atoms with van der Waals surface area (Å²) in [4.78, 5) is 27.3. The summed E-state index contributed by atoms with van der Waals surface area (Å²) < 4.78 is 10.3. The Hall–Kier alpha value is -4.59. The van der Waals surface area contributed by atoms with Gasteiger partial charge in [-0.05, 0) is 73.2 Å². The fourth-order valence-corrected chi connectivity index (χ4v) is 4.37. The van der Waals surface area contributed by atoms with Crippen LogP contribution >= 0.6 is 0 Å². The topological polar surface area (TPSA) is 105 Å². The molecule has 0 saturated carbocycles. The Morgan fingerprint density at radius 2 is 1.83 bits per heavy atom. The number of carbonyl (C=O) groups is 2. The maximum Gasteiger partial charge on any atom is 0.338 e. The highest BCUT2D eigenvalue weighted by Crippen LogP contribution is 2.45. The second kappa shape index (κ2) is 8.98. The van der Waals surface area contributed by atoms with Gasteiger partial charge in [0, 0.05) is 16.8 Å². The predicted molar refractivity (Wildman–Crippen MR) is 130 cm³/mol. The molecule has 1 amide bonds. The number of ether oxygens (including phenoxy) is 2. The molecule has 1 atom stereocenters. The van der Waals surface area contributed by atoms with Crippen molar-refractivity contribution >= 4 is 17.6 Å². The Balaban J connectivity index is 1.62. The highest BCUT2D eigenvalue weighted by Gasteiger charge is 2.43. The van der Waals surface area contributed by atoms with E-state index in [1.807, 2.05) is 30.3 Å². The van der Waals surface area contributed by atoms with Crippen LogP contribution in [0.25, 0.3) is 11.3 Å². The lowest BCUT2D eigenvalue weighted by molar-refractivity contribution is 0.0526. The number of esters is 1. The third-order valence-corrected chi connectivity index (χ3v) is 5.97. The van der Waals surface area contributed by atoms with Gasteiger partial charge in [0.05, 0.1) is 31.0 Å². The maximum absolute atomic E-state index is 13.6. The molecule has 5 rings (SSSR count). The van der Waals surface area contributed by atoms with E-state index >= 15 is 0 Å². The van der Waals surface area contributed by atoms with E-state index in [-0.39, 0.29) is 18.3 Å². The van der Waals surface area contributed by atoms with Crippen molar-refractivity contribution in [2.24, 2.45) is 0 Å². The van der Waals surface area contributed by atoms with Gasteiger partial charge in [0.1, 0.15) is 17.2 Å². The molecule has 4 aromatic rings. The van der Waals surface area contributed by atoms with E-state index in [9.17, 15) is 14.7 Å². The Labute approximate surface area is 201 Å². The lowest BCUT2D eigenvalue weighted by Gasteiger charge is -2.26. The average molecular weight is 469 g/mol. The van der Waals surface area contributed by atoms with Gasteiger partial charge >= 0.3 is 5.97 Å². The van der Waals surface area contributed by atoms with Gasteiger partial charge in [0.15, 0.2) is 0 Å². The van der Waals surface area contributed by atoms with Crippen molar-refractivity contribution < 1.29 is 24.2 Å². The number of anilines is 1. The molecule has 8 heteroatoms. The summed E-state index contributed by atoms with van der Waals surface area (Å²) in [5, 5.41) is 17.6. The van der Waals surface area contributed by atoms with Crippen LogP contribution in [0.3, 0.4) is 0 Å². The molecule has 0 spiro atoms. The first-order chi connectivity index (χ1) is 17.0. The van der Waals surface area contributed by atoms with Gasteiger partial charge in [-0.25, -0.2) is 4.79 Å². The van der Waals surface area contributed by atoms with E-state index in [1.54, 1.807) is 61.4 Å².